The van der Waals surface area contributed by atoms with Crippen LogP contribution >= 0.6 is 11.6 Å². The molecule has 186 valence electrons. The number of aryl methyl sites for hydroxylation is 1. The molecule has 0 saturated carbocycles. The molecule has 1 fully saturated rings. The van der Waals surface area contributed by atoms with E-state index >= 15 is 0 Å². The molecule has 3 heterocycles. The normalized spacial score (nSPS) is 19.8. The molecule has 1 aromatic heterocycles. The molecule has 0 radical (unpaired) electrons. The average molecular weight is 496 g/mol. The first-order valence-electron chi connectivity index (χ1n) is 12.5. The van der Waals surface area contributed by atoms with Gasteiger partial charge in [-0.25, -0.2) is 0 Å². The van der Waals surface area contributed by atoms with Crippen molar-refractivity contribution in [2.24, 2.45) is 7.05 Å². The van der Waals surface area contributed by atoms with Gasteiger partial charge >= 0.3 is 0 Å². The predicted octanol–water partition coefficient (Wildman–Crippen LogP) is 4.66. The molecule has 2 aliphatic heterocycles. The van der Waals surface area contributed by atoms with E-state index < -0.39 is 0 Å². The zero-order chi connectivity index (χ0) is 24.7. The second-order valence-corrected chi connectivity index (χ2v) is 10.3. The maximum atomic E-state index is 12.5. The van der Waals surface area contributed by atoms with Crippen molar-refractivity contribution in [3.63, 3.8) is 0 Å². The number of likely N-dealkylation sites (tertiary alicyclic amines) is 1. The molecule has 1 atom stereocenters. The Kier molecular flexibility index (Phi) is 6.55. The summed E-state index contributed by atoms with van der Waals surface area (Å²) in [6, 6.07) is 14.1. The van der Waals surface area contributed by atoms with Crippen molar-refractivity contribution in [3.8, 4) is 5.75 Å². The lowest BCUT2D eigenvalue weighted by Crippen LogP contribution is -2.54. The van der Waals surface area contributed by atoms with Gasteiger partial charge in [-0.3, -0.25) is 9.69 Å². The Balaban J connectivity index is 1.65. The maximum Gasteiger partial charge on any atom is 0.222 e. The number of carbonyl (C=O) groups excluding carboxylic acids is 1. The minimum Gasteiger partial charge on any atom is -0.497 e. The fourth-order valence-corrected chi connectivity index (χ4v) is 6.49. The van der Waals surface area contributed by atoms with Gasteiger partial charge in [0.15, 0.2) is 0 Å². The zero-order valence-corrected chi connectivity index (χ0v) is 21.5. The average Bonchev–Trinajstić information content (AvgIpc) is 3.18. The van der Waals surface area contributed by atoms with Gasteiger partial charge < -0.3 is 19.3 Å². The van der Waals surface area contributed by atoms with E-state index in [1.807, 2.05) is 36.1 Å². The highest BCUT2D eigenvalue weighted by Gasteiger charge is 2.48. The number of carbonyl (C=O) groups is 1. The van der Waals surface area contributed by atoms with Gasteiger partial charge in [-0.1, -0.05) is 36.7 Å². The molecular weight excluding hydrogens is 462 g/mol. The lowest BCUT2D eigenvalue weighted by atomic mass is 9.68. The molecule has 6 nitrogen and oxygen atoms in total. The van der Waals surface area contributed by atoms with Gasteiger partial charge in [0.05, 0.1) is 25.3 Å². The third-order valence-electron chi connectivity index (χ3n) is 8.13. The quantitative estimate of drug-likeness (QED) is 0.559. The first-order chi connectivity index (χ1) is 16.9. The zero-order valence-electron chi connectivity index (χ0n) is 20.8. The molecular formula is C28H34ClN3O3. The molecule has 2 aromatic carbocycles. The van der Waals surface area contributed by atoms with Gasteiger partial charge in [-0.2, -0.15) is 0 Å². The van der Waals surface area contributed by atoms with Crippen molar-refractivity contribution in [2.45, 2.75) is 44.2 Å². The van der Waals surface area contributed by atoms with Gasteiger partial charge in [0.25, 0.3) is 0 Å². The van der Waals surface area contributed by atoms with Crippen LogP contribution in [0.4, 0.5) is 0 Å². The summed E-state index contributed by atoms with van der Waals surface area (Å²) in [6.07, 6.45) is 2.33. The van der Waals surface area contributed by atoms with Crippen molar-refractivity contribution < 1.29 is 14.6 Å². The van der Waals surface area contributed by atoms with Crippen LogP contribution in [-0.4, -0.2) is 58.7 Å². The van der Waals surface area contributed by atoms with Crippen molar-refractivity contribution in [1.29, 1.82) is 0 Å². The Bertz CT molecular complexity index is 1250. The molecule has 1 saturated heterocycles. The topological polar surface area (TPSA) is 57.9 Å². The lowest BCUT2D eigenvalue weighted by Gasteiger charge is -2.50. The van der Waals surface area contributed by atoms with Gasteiger partial charge in [0, 0.05) is 67.2 Å². The van der Waals surface area contributed by atoms with Crippen LogP contribution in [0.15, 0.2) is 42.5 Å². The number of nitrogens with zero attached hydrogens (tertiary/aromatic N) is 3. The number of halogens is 1. The molecule has 0 unspecified atom stereocenters. The second kappa shape index (κ2) is 9.49. The van der Waals surface area contributed by atoms with E-state index in [0.717, 1.165) is 60.0 Å². The molecule has 5 rings (SSSR count). The minimum absolute atomic E-state index is 0.0231. The summed E-state index contributed by atoms with van der Waals surface area (Å²) in [5, 5.41) is 12.6. The van der Waals surface area contributed by atoms with E-state index in [9.17, 15) is 9.90 Å². The van der Waals surface area contributed by atoms with Crippen LogP contribution in [0.25, 0.3) is 10.9 Å². The standard InChI is InChI=1S/C28H34ClN3O3/c1-4-25(34)31-13-11-28(12-14-31)18-32(16-19-7-5-6-8-22(19)29)24(17-33)27-26(28)21-10-9-20(35-3)15-23(21)30(27)2/h5-10,15,24,33H,4,11-14,16-18H2,1-3H3/t24-/m1/s1. The second-order valence-electron chi connectivity index (χ2n) is 9.91. The largest absolute Gasteiger partial charge is 0.497 e. The monoisotopic (exact) mass is 495 g/mol. The summed E-state index contributed by atoms with van der Waals surface area (Å²) in [5.41, 5.74) is 4.55. The minimum atomic E-state index is -0.148. The van der Waals surface area contributed by atoms with Crippen LogP contribution in [0.3, 0.4) is 0 Å². The Hall–Kier alpha value is -2.54. The Labute approximate surface area is 212 Å². The van der Waals surface area contributed by atoms with Crippen molar-refractivity contribution in [2.75, 3.05) is 33.4 Å². The highest BCUT2D eigenvalue weighted by Crippen LogP contribution is 2.50. The molecule has 7 heteroatoms. The number of piperidine rings is 1. The number of amides is 1. The number of methoxy groups -OCH3 is 1. The van der Waals surface area contributed by atoms with Crippen molar-refractivity contribution in [1.82, 2.24) is 14.4 Å². The summed E-state index contributed by atoms with van der Waals surface area (Å²) < 4.78 is 7.77. The van der Waals surface area contributed by atoms with E-state index in [4.69, 9.17) is 16.3 Å². The Morgan fingerprint density at radius 3 is 2.60 bits per heavy atom. The smallest absolute Gasteiger partial charge is 0.222 e. The van der Waals surface area contributed by atoms with E-state index in [1.54, 1.807) is 7.11 Å². The number of hydrogen-bond acceptors (Lipinski definition) is 4. The van der Waals surface area contributed by atoms with Crippen LogP contribution in [0, 0.1) is 0 Å². The first-order valence-corrected chi connectivity index (χ1v) is 12.8. The highest BCUT2D eigenvalue weighted by atomic mass is 35.5. The van der Waals surface area contributed by atoms with E-state index in [2.05, 4.69) is 34.7 Å². The van der Waals surface area contributed by atoms with E-state index in [0.29, 0.717) is 13.0 Å². The molecule has 35 heavy (non-hydrogen) atoms. The van der Waals surface area contributed by atoms with Gasteiger partial charge in [-0.15, -0.1) is 0 Å². The summed E-state index contributed by atoms with van der Waals surface area (Å²) in [4.78, 5) is 16.9. The molecule has 3 aromatic rings. The molecule has 1 N–H and O–H groups in total. The van der Waals surface area contributed by atoms with E-state index in [-0.39, 0.29) is 24.0 Å². The number of fused-ring (bicyclic) bond motifs is 4. The van der Waals surface area contributed by atoms with Crippen LogP contribution in [0.1, 0.15) is 49.0 Å². The number of aromatic nitrogens is 1. The van der Waals surface area contributed by atoms with Crippen LogP contribution < -0.4 is 4.74 Å². The Morgan fingerprint density at radius 2 is 1.94 bits per heavy atom. The molecule has 0 bridgehead atoms. The fourth-order valence-electron chi connectivity index (χ4n) is 6.29. The SMILES string of the molecule is CCC(=O)N1CCC2(CC1)CN(Cc1ccccc1Cl)[C@H](CO)c1c2c2ccc(OC)cc2n1C. The third-order valence-corrected chi connectivity index (χ3v) is 8.49. The Morgan fingerprint density at radius 1 is 1.20 bits per heavy atom. The summed E-state index contributed by atoms with van der Waals surface area (Å²) in [7, 11) is 3.78. The number of aliphatic hydroxyl groups excluding tert-OH is 1. The lowest BCUT2D eigenvalue weighted by molar-refractivity contribution is -0.132. The van der Waals surface area contributed by atoms with Gasteiger partial charge in [0.2, 0.25) is 5.91 Å². The number of benzene rings is 2. The maximum absolute atomic E-state index is 12.5. The number of rotatable bonds is 5. The fraction of sp³-hybridized carbons (Fsp3) is 0.464. The van der Waals surface area contributed by atoms with Gasteiger partial charge in [-0.05, 0) is 42.2 Å². The summed E-state index contributed by atoms with van der Waals surface area (Å²) >= 11 is 6.56. The predicted molar refractivity (Wildman–Crippen MR) is 139 cm³/mol. The highest BCUT2D eigenvalue weighted by molar-refractivity contribution is 6.31. The first kappa shape index (κ1) is 24.2. The number of aliphatic hydroxyl groups is 1. The summed E-state index contributed by atoms with van der Waals surface area (Å²) in [6.45, 7) is 4.94. The summed E-state index contributed by atoms with van der Waals surface area (Å²) in [5.74, 6) is 1.04. The van der Waals surface area contributed by atoms with Crippen molar-refractivity contribution in [3.05, 3.63) is 64.3 Å². The molecule has 2 aliphatic rings. The number of hydrogen-bond donors (Lipinski definition) is 1. The van der Waals surface area contributed by atoms with Gasteiger partial charge in [0.1, 0.15) is 5.75 Å². The number of ether oxygens (including phenoxy) is 1. The van der Waals surface area contributed by atoms with Crippen LogP contribution in [0.5, 0.6) is 5.75 Å². The molecule has 1 spiro atoms. The van der Waals surface area contributed by atoms with E-state index in [1.165, 1.54) is 10.9 Å². The van der Waals surface area contributed by atoms with Crippen LogP contribution in [-0.2, 0) is 23.8 Å². The molecule has 1 amide bonds. The molecule has 0 aliphatic carbocycles. The van der Waals surface area contributed by atoms with Crippen molar-refractivity contribution >= 4 is 28.4 Å². The van der Waals surface area contributed by atoms with Crippen LogP contribution in [0.2, 0.25) is 5.02 Å². The third kappa shape index (κ3) is 4.02.